The molecule has 168 valence electrons. The van der Waals surface area contributed by atoms with Gasteiger partial charge in [-0.05, 0) is 80.1 Å². The number of esters is 1. The third-order valence-electron chi connectivity index (χ3n) is 9.36. The van der Waals surface area contributed by atoms with E-state index in [1.165, 1.54) is 24.8 Å². The second kappa shape index (κ2) is 8.79. The molecule has 0 bridgehead atoms. The largest absolute Gasteiger partial charge is 0.462 e. The maximum atomic E-state index is 12.6. The van der Waals surface area contributed by atoms with Crippen LogP contribution in [0.15, 0.2) is 11.6 Å². The highest BCUT2D eigenvalue weighted by Gasteiger charge is 2.60. The molecule has 3 saturated carbocycles. The lowest BCUT2D eigenvalue weighted by atomic mass is 9.47. The topological polar surface area (TPSA) is 43.4 Å². The Kier molecular flexibility index (Phi) is 6.47. The van der Waals surface area contributed by atoms with Crippen LogP contribution >= 0.6 is 0 Å². The van der Waals surface area contributed by atoms with Gasteiger partial charge in [-0.3, -0.25) is 9.59 Å². The zero-order valence-electron chi connectivity index (χ0n) is 19.6. The molecule has 0 unspecified atom stereocenters. The zero-order valence-corrected chi connectivity index (χ0v) is 19.6. The summed E-state index contributed by atoms with van der Waals surface area (Å²) in [5.41, 5.74) is 1.57. The molecular formula is C27H42O3. The fourth-order valence-electron chi connectivity index (χ4n) is 8.20. The molecule has 0 saturated heterocycles. The highest BCUT2D eigenvalue weighted by Crippen LogP contribution is 2.65. The Labute approximate surface area is 183 Å². The van der Waals surface area contributed by atoms with Gasteiger partial charge in [0.05, 0.1) is 0 Å². The maximum Gasteiger partial charge on any atom is 0.306 e. The van der Waals surface area contributed by atoms with Crippen molar-refractivity contribution in [3.8, 4) is 0 Å². The first-order valence-electron chi connectivity index (χ1n) is 12.8. The molecule has 3 heteroatoms. The number of fused-ring (bicyclic) bond motifs is 5. The standard InChI is InChI=1S/C27H42O3/c1-5-6-7-8-9-24(29)30-23-13-12-22-26-17(2)14-19-15-20(28)10-11-21(19)25(26)18(3)16-27(22,23)4/h15,17-18,21-23,25-26H,5-14,16H2,1-4H3/t17-,18+,21+,22+,23+,25-,26+,27+/m1/s1. The summed E-state index contributed by atoms with van der Waals surface area (Å²) in [6, 6.07) is 0. The summed E-state index contributed by atoms with van der Waals surface area (Å²) < 4.78 is 6.15. The Balaban J connectivity index is 1.48. The van der Waals surface area contributed by atoms with E-state index in [1.807, 2.05) is 6.08 Å². The molecule has 30 heavy (non-hydrogen) atoms. The number of rotatable bonds is 6. The number of ketones is 1. The minimum Gasteiger partial charge on any atom is -0.462 e. The van der Waals surface area contributed by atoms with Gasteiger partial charge in [-0.1, -0.05) is 52.5 Å². The average molecular weight is 415 g/mol. The molecule has 8 atom stereocenters. The Hall–Kier alpha value is -1.12. The molecule has 0 aromatic heterocycles. The van der Waals surface area contributed by atoms with Crippen molar-refractivity contribution in [2.75, 3.05) is 0 Å². The number of hydrogen-bond donors (Lipinski definition) is 0. The summed E-state index contributed by atoms with van der Waals surface area (Å²) in [5.74, 6) is 4.31. The number of carbonyl (C=O) groups excluding carboxylic acids is 2. The third-order valence-corrected chi connectivity index (χ3v) is 9.36. The van der Waals surface area contributed by atoms with Crippen LogP contribution < -0.4 is 0 Å². The van der Waals surface area contributed by atoms with E-state index in [9.17, 15) is 9.59 Å². The lowest BCUT2D eigenvalue weighted by Crippen LogP contribution is -2.54. The van der Waals surface area contributed by atoms with Gasteiger partial charge in [0.1, 0.15) is 6.10 Å². The second-order valence-electron chi connectivity index (χ2n) is 11.3. The van der Waals surface area contributed by atoms with Crippen LogP contribution in [0.1, 0.15) is 98.3 Å². The van der Waals surface area contributed by atoms with Gasteiger partial charge in [-0.2, -0.15) is 0 Å². The number of ether oxygens (including phenoxy) is 1. The smallest absolute Gasteiger partial charge is 0.306 e. The van der Waals surface area contributed by atoms with E-state index in [0.29, 0.717) is 47.7 Å². The van der Waals surface area contributed by atoms with Gasteiger partial charge in [0.15, 0.2) is 5.78 Å². The molecular weight excluding hydrogens is 372 g/mol. The monoisotopic (exact) mass is 414 g/mol. The van der Waals surface area contributed by atoms with Crippen LogP contribution in [0.4, 0.5) is 0 Å². The van der Waals surface area contributed by atoms with Crippen molar-refractivity contribution in [3.63, 3.8) is 0 Å². The van der Waals surface area contributed by atoms with Crippen LogP contribution in [-0.4, -0.2) is 17.9 Å². The summed E-state index contributed by atoms with van der Waals surface area (Å²) in [6.45, 7) is 9.48. The molecule has 4 aliphatic carbocycles. The summed E-state index contributed by atoms with van der Waals surface area (Å²) in [4.78, 5) is 24.6. The first kappa shape index (κ1) is 22.1. The minimum atomic E-state index is 0.0282. The summed E-state index contributed by atoms with van der Waals surface area (Å²) in [6.07, 6.45) is 13.5. The van der Waals surface area contributed by atoms with E-state index in [4.69, 9.17) is 4.74 Å². The van der Waals surface area contributed by atoms with Gasteiger partial charge >= 0.3 is 5.97 Å². The van der Waals surface area contributed by atoms with Gasteiger partial charge in [0.2, 0.25) is 0 Å². The highest BCUT2D eigenvalue weighted by atomic mass is 16.5. The van der Waals surface area contributed by atoms with E-state index < -0.39 is 0 Å². The predicted octanol–water partition coefficient (Wildman–Crippen LogP) is 6.50. The minimum absolute atomic E-state index is 0.0282. The fraction of sp³-hybridized carbons (Fsp3) is 0.852. The van der Waals surface area contributed by atoms with Crippen molar-refractivity contribution in [3.05, 3.63) is 11.6 Å². The van der Waals surface area contributed by atoms with Gasteiger partial charge in [0.25, 0.3) is 0 Å². The average Bonchev–Trinajstić information content (AvgIpc) is 3.00. The molecule has 0 aromatic rings. The molecule has 0 spiro atoms. The Morgan fingerprint density at radius 2 is 1.90 bits per heavy atom. The molecule has 0 radical (unpaired) electrons. The molecule has 4 rings (SSSR count). The fourth-order valence-corrected chi connectivity index (χ4v) is 8.20. The first-order chi connectivity index (χ1) is 14.3. The second-order valence-corrected chi connectivity index (χ2v) is 11.3. The lowest BCUT2D eigenvalue weighted by Gasteiger charge is -2.58. The van der Waals surface area contributed by atoms with Crippen molar-refractivity contribution in [1.82, 2.24) is 0 Å². The predicted molar refractivity (Wildman–Crippen MR) is 120 cm³/mol. The van der Waals surface area contributed by atoms with Crippen LogP contribution in [-0.2, 0) is 14.3 Å². The molecule has 0 heterocycles. The van der Waals surface area contributed by atoms with Gasteiger partial charge in [0, 0.05) is 18.3 Å². The molecule has 0 N–H and O–H groups in total. The van der Waals surface area contributed by atoms with Gasteiger partial charge < -0.3 is 4.74 Å². The van der Waals surface area contributed by atoms with E-state index in [-0.39, 0.29) is 17.5 Å². The van der Waals surface area contributed by atoms with Crippen LogP contribution in [0.2, 0.25) is 0 Å². The van der Waals surface area contributed by atoms with Gasteiger partial charge in [-0.15, -0.1) is 0 Å². The Morgan fingerprint density at radius 1 is 1.10 bits per heavy atom. The van der Waals surface area contributed by atoms with Crippen molar-refractivity contribution in [2.45, 2.75) is 104 Å². The van der Waals surface area contributed by atoms with Gasteiger partial charge in [-0.25, -0.2) is 0 Å². The van der Waals surface area contributed by atoms with Crippen molar-refractivity contribution >= 4 is 11.8 Å². The van der Waals surface area contributed by atoms with Crippen molar-refractivity contribution in [2.24, 2.45) is 40.9 Å². The molecule has 4 aliphatic rings. The van der Waals surface area contributed by atoms with Crippen molar-refractivity contribution in [1.29, 1.82) is 0 Å². The highest BCUT2D eigenvalue weighted by molar-refractivity contribution is 5.91. The number of unbranched alkanes of at least 4 members (excludes halogenated alkanes) is 3. The number of allylic oxidation sites excluding steroid dienone is 1. The van der Waals surface area contributed by atoms with Crippen molar-refractivity contribution < 1.29 is 14.3 Å². The number of carbonyl (C=O) groups is 2. The molecule has 3 fully saturated rings. The van der Waals surface area contributed by atoms with Crippen LogP contribution in [0.25, 0.3) is 0 Å². The van der Waals surface area contributed by atoms with E-state index in [1.54, 1.807) is 0 Å². The Morgan fingerprint density at radius 3 is 2.67 bits per heavy atom. The zero-order chi connectivity index (χ0) is 21.5. The molecule has 0 aromatic carbocycles. The number of hydrogen-bond acceptors (Lipinski definition) is 3. The van der Waals surface area contributed by atoms with Crippen LogP contribution in [0, 0.1) is 40.9 Å². The lowest BCUT2D eigenvalue weighted by molar-refractivity contribution is -0.162. The van der Waals surface area contributed by atoms with E-state index >= 15 is 0 Å². The molecule has 3 nitrogen and oxygen atoms in total. The molecule has 0 aliphatic heterocycles. The normalized spacial score (nSPS) is 42.7. The Bertz CT molecular complexity index is 694. The molecule has 0 amide bonds. The van der Waals surface area contributed by atoms with E-state index in [0.717, 1.165) is 44.9 Å². The van der Waals surface area contributed by atoms with Crippen LogP contribution in [0.3, 0.4) is 0 Å². The van der Waals surface area contributed by atoms with E-state index in [2.05, 4.69) is 27.7 Å². The summed E-state index contributed by atoms with van der Waals surface area (Å²) in [7, 11) is 0. The quantitative estimate of drug-likeness (QED) is 0.368. The third kappa shape index (κ3) is 3.91. The summed E-state index contributed by atoms with van der Waals surface area (Å²) in [5, 5.41) is 0. The van der Waals surface area contributed by atoms with Crippen LogP contribution in [0.5, 0.6) is 0 Å². The summed E-state index contributed by atoms with van der Waals surface area (Å²) >= 11 is 0. The SMILES string of the molecule is CCCCCCC(=O)O[C@H]1CC[C@H]2[C@H]3[C@H]([C@@H](C)C[C@]12C)[C@H]1CCC(=O)C=C1C[C@H]3C. The maximum absolute atomic E-state index is 12.6. The first-order valence-corrected chi connectivity index (χ1v) is 12.8.